The number of nitrogens with zero attached hydrogens (tertiary/aromatic N) is 2. The van der Waals surface area contributed by atoms with Gasteiger partial charge in [-0.05, 0) is 47.9 Å². The number of amidine groups is 1. The van der Waals surface area contributed by atoms with Gasteiger partial charge < -0.3 is 4.74 Å². The number of aromatic nitrogens is 2. The molecule has 9 heteroatoms. The van der Waals surface area contributed by atoms with Gasteiger partial charge in [-0.25, -0.2) is 23.7 Å². The number of hydrogen-bond donors (Lipinski definition) is 2. The topological polar surface area (TPSA) is 96.4 Å². The van der Waals surface area contributed by atoms with Crippen molar-refractivity contribution in [3.8, 4) is 11.1 Å². The molecule has 1 amide bonds. The first-order valence-corrected chi connectivity index (χ1v) is 11.0. The van der Waals surface area contributed by atoms with E-state index in [-0.39, 0.29) is 24.2 Å². The van der Waals surface area contributed by atoms with Crippen LogP contribution in [0.4, 0.5) is 19.3 Å². The zero-order valence-corrected chi connectivity index (χ0v) is 18.7. The van der Waals surface area contributed by atoms with Crippen molar-refractivity contribution in [2.75, 3.05) is 6.61 Å². The summed E-state index contributed by atoms with van der Waals surface area (Å²) in [6.07, 6.45) is -0.00227. The summed E-state index contributed by atoms with van der Waals surface area (Å²) >= 11 is 0. The van der Waals surface area contributed by atoms with E-state index in [0.717, 1.165) is 11.6 Å². The number of H-pyrrole nitrogens is 1. The third-order valence-electron chi connectivity index (χ3n) is 5.77. The van der Waals surface area contributed by atoms with E-state index >= 15 is 0 Å². The number of aliphatic imine (C=N–C) groups is 1. The standard InChI is InChI=1S/C26H20F2N4O3/c1-2-35-26(34)30-23-13-16-8-7-15(12-21(16)29-23)19-9-14(10-20(27)24(19)28)11-22-17-5-3-4-6-18(17)25(33)32-31-22/h3-10,12H,2,11,13H2,1H3,(H,32,33)(H,29,30,34). The fraction of sp³-hybridized carbons (Fsp3) is 0.154. The molecule has 2 heterocycles. The van der Waals surface area contributed by atoms with Gasteiger partial charge >= 0.3 is 6.09 Å². The summed E-state index contributed by atoms with van der Waals surface area (Å²) < 4.78 is 34.3. The first kappa shape index (κ1) is 22.4. The predicted molar refractivity (Wildman–Crippen MR) is 128 cm³/mol. The number of aromatic amines is 1. The molecule has 3 aromatic carbocycles. The molecule has 4 aromatic rings. The third kappa shape index (κ3) is 4.40. The fourth-order valence-corrected chi connectivity index (χ4v) is 4.16. The number of ether oxygens (including phenoxy) is 1. The van der Waals surface area contributed by atoms with E-state index in [4.69, 9.17) is 4.74 Å². The van der Waals surface area contributed by atoms with Crippen molar-refractivity contribution in [1.29, 1.82) is 0 Å². The molecule has 176 valence electrons. The average Bonchev–Trinajstić information content (AvgIpc) is 3.24. The van der Waals surface area contributed by atoms with Crippen molar-refractivity contribution in [1.82, 2.24) is 15.5 Å². The second-order valence-corrected chi connectivity index (χ2v) is 8.09. The van der Waals surface area contributed by atoms with Gasteiger partial charge in [0.1, 0.15) is 5.84 Å². The Morgan fingerprint density at radius 2 is 1.91 bits per heavy atom. The second-order valence-electron chi connectivity index (χ2n) is 8.09. The van der Waals surface area contributed by atoms with Gasteiger partial charge in [0.2, 0.25) is 0 Å². The Balaban J connectivity index is 1.49. The maximum Gasteiger partial charge on any atom is 0.412 e. The lowest BCUT2D eigenvalue weighted by Crippen LogP contribution is -2.30. The maximum atomic E-state index is 14.8. The lowest BCUT2D eigenvalue weighted by Gasteiger charge is -2.10. The number of alkyl carbamates (subject to hydrolysis) is 1. The first-order chi connectivity index (χ1) is 16.9. The minimum atomic E-state index is -0.986. The summed E-state index contributed by atoms with van der Waals surface area (Å²) in [6.45, 7) is 1.94. The van der Waals surface area contributed by atoms with E-state index in [1.165, 1.54) is 0 Å². The molecular formula is C26H20F2N4O3. The SMILES string of the molecule is CCOC(=O)NC1=Nc2cc(-c3cc(Cc4n[nH]c(=O)c5ccccc45)cc(F)c3F)ccc2C1. The largest absolute Gasteiger partial charge is 0.450 e. The molecule has 35 heavy (non-hydrogen) atoms. The van der Waals surface area contributed by atoms with Crippen molar-refractivity contribution in [2.24, 2.45) is 4.99 Å². The summed E-state index contributed by atoms with van der Waals surface area (Å²) in [6, 6.07) is 14.8. The van der Waals surface area contributed by atoms with Crippen LogP contribution in [0.5, 0.6) is 0 Å². The van der Waals surface area contributed by atoms with E-state index in [0.29, 0.717) is 45.5 Å². The van der Waals surface area contributed by atoms with Crippen LogP contribution in [0.3, 0.4) is 0 Å². The minimum absolute atomic E-state index is 0.0820. The Hall–Kier alpha value is -4.40. The molecule has 0 bridgehead atoms. The molecule has 0 atom stereocenters. The van der Waals surface area contributed by atoms with E-state index < -0.39 is 17.7 Å². The van der Waals surface area contributed by atoms with Crippen LogP contribution in [-0.2, 0) is 17.6 Å². The van der Waals surface area contributed by atoms with Crippen molar-refractivity contribution in [3.05, 3.63) is 93.4 Å². The Labute approximate surface area is 198 Å². The molecule has 0 radical (unpaired) electrons. The van der Waals surface area contributed by atoms with Crippen LogP contribution in [-0.4, -0.2) is 28.7 Å². The third-order valence-corrected chi connectivity index (χ3v) is 5.77. The molecule has 0 spiro atoms. The summed E-state index contributed by atoms with van der Waals surface area (Å²) in [7, 11) is 0. The number of nitrogens with one attached hydrogen (secondary N) is 2. The highest BCUT2D eigenvalue weighted by Gasteiger charge is 2.20. The van der Waals surface area contributed by atoms with E-state index in [1.54, 1.807) is 55.5 Å². The number of carbonyl (C=O) groups excluding carboxylic acids is 1. The highest BCUT2D eigenvalue weighted by molar-refractivity contribution is 6.01. The van der Waals surface area contributed by atoms with Gasteiger partial charge in [-0.2, -0.15) is 5.10 Å². The number of fused-ring (bicyclic) bond motifs is 2. The number of hydrogen-bond acceptors (Lipinski definition) is 5. The molecule has 0 saturated heterocycles. The zero-order valence-electron chi connectivity index (χ0n) is 18.7. The van der Waals surface area contributed by atoms with Gasteiger partial charge in [0, 0.05) is 23.8 Å². The lowest BCUT2D eigenvalue weighted by molar-refractivity contribution is 0.157. The van der Waals surface area contributed by atoms with Crippen LogP contribution in [0.1, 0.15) is 23.7 Å². The van der Waals surface area contributed by atoms with Crippen LogP contribution >= 0.6 is 0 Å². The monoisotopic (exact) mass is 474 g/mol. The minimum Gasteiger partial charge on any atom is -0.450 e. The van der Waals surface area contributed by atoms with Crippen LogP contribution in [0, 0.1) is 11.6 Å². The van der Waals surface area contributed by atoms with Gasteiger partial charge in [0.05, 0.1) is 23.4 Å². The molecule has 0 fully saturated rings. The Morgan fingerprint density at radius 3 is 2.71 bits per heavy atom. The number of amides is 1. The highest BCUT2D eigenvalue weighted by atomic mass is 19.2. The molecular weight excluding hydrogens is 454 g/mol. The summed E-state index contributed by atoms with van der Waals surface area (Å²) in [4.78, 5) is 28.1. The molecule has 2 N–H and O–H groups in total. The smallest absolute Gasteiger partial charge is 0.412 e. The van der Waals surface area contributed by atoms with Crippen LogP contribution in [0.2, 0.25) is 0 Å². The van der Waals surface area contributed by atoms with Gasteiger partial charge in [-0.1, -0.05) is 30.3 Å². The molecule has 0 aliphatic carbocycles. The zero-order chi connectivity index (χ0) is 24.5. The second kappa shape index (κ2) is 9.09. The predicted octanol–water partition coefficient (Wildman–Crippen LogP) is 4.79. The normalized spacial score (nSPS) is 12.4. The van der Waals surface area contributed by atoms with Crippen LogP contribution in [0.15, 0.2) is 64.4 Å². The number of carbonyl (C=O) groups is 1. The van der Waals surface area contributed by atoms with Crippen LogP contribution in [0.25, 0.3) is 21.9 Å². The van der Waals surface area contributed by atoms with E-state index in [9.17, 15) is 18.4 Å². The van der Waals surface area contributed by atoms with Crippen molar-refractivity contribution in [2.45, 2.75) is 19.8 Å². The first-order valence-electron chi connectivity index (χ1n) is 11.0. The van der Waals surface area contributed by atoms with Gasteiger partial charge in [-0.3, -0.25) is 10.1 Å². The summed E-state index contributed by atoms with van der Waals surface area (Å²) in [5, 5.41) is 10.3. The Bertz CT molecular complexity index is 1560. The molecule has 7 nitrogen and oxygen atoms in total. The van der Waals surface area contributed by atoms with Crippen molar-refractivity contribution >= 4 is 28.4 Å². The number of benzene rings is 3. The van der Waals surface area contributed by atoms with Crippen LogP contribution < -0.4 is 10.9 Å². The van der Waals surface area contributed by atoms with E-state index in [2.05, 4.69) is 20.5 Å². The molecule has 1 aliphatic rings. The summed E-state index contributed by atoms with van der Waals surface area (Å²) in [5.74, 6) is -1.54. The Morgan fingerprint density at radius 1 is 1.11 bits per heavy atom. The number of halogens is 2. The quantitative estimate of drug-likeness (QED) is 0.445. The maximum absolute atomic E-state index is 14.8. The van der Waals surface area contributed by atoms with Gasteiger partial charge in [0.15, 0.2) is 11.6 Å². The van der Waals surface area contributed by atoms with Crippen molar-refractivity contribution < 1.29 is 18.3 Å². The molecule has 0 saturated carbocycles. The van der Waals surface area contributed by atoms with Crippen molar-refractivity contribution in [3.63, 3.8) is 0 Å². The molecule has 5 rings (SSSR count). The fourth-order valence-electron chi connectivity index (χ4n) is 4.16. The molecule has 1 aromatic heterocycles. The van der Waals surface area contributed by atoms with E-state index in [1.807, 2.05) is 0 Å². The number of rotatable bonds is 4. The average molecular weight is 474 g/mol. The van der Waals surface area contributed by atoms with Gasteiger partial charge in [0.25, 0.3) is 5.56 Å². The van der Waals surface area contributed by atoms with Gasteiger partial charge in [-0.15, -0.1) is 0 Å². The molecule has 0 unspecified atom stereocenters. The molecule has 1 aliphatic heterocycles. The Kier molecular flexibility index (Phi) is 5.82. The lowest BCUT2D eigenvalue weighted by atomic mass is 9.97. The highest BCUT2D eigenvalue weighted by Crippen LogP contribution is 2.34. The summed E-state index contributed by atoms with van der Waals surface area (Å²) in [5.41, 5.74) is 2.67.